The van der Waals surface area contributed by atoms with Gasteiger partial charge in [0.05, 0.1) is 12.8 Å². The molecule has 1 heterocycles. The van der Waals surface area contributed by atoms with Crippen molar-refractivity contribution in [2.45, 2.75) is 50.5 Å². The van der Waals surface area contributed by atoms with Gasteiger partial charge in [0, 0.05) is 38.1 Å². The zero-order valence-electron chi connectivity index (χ0n) is 19.4. The van der Waals surface area contributed by atoms with Crippen molar-refractivity contribution in [2.24, 2.45) is 11.7 Å². The number of nitrogens with zero attached hydrogens (tertiary/aromatic N) is 2. The Morgan fingerprint density at radius 2 is 1.66 bits per heavy atom. The molecular formula is C27H38FN3O. The Morgan fingerprint density at radius 1 is 0.969 bits per heavy atom. The molecule has 1 saturated heterocycles. The average Bonchev–Trinajstić information content (AvgIpc) is 2.86. The van der Waals surface area contributed by atoms with E-state index in [1.807, 2.05) is 24.3 Å². The van der Waals surface area contributed by atoms with Crippen molar-refractivity contribution in [1.29, 1.82) is 0 Å². The van der Waals surface area contributed by atoms with Gasteiger partial charge in [-0.3, -0.25) is 4.90 Å². The quantitative estimate of drug-likeness (QED) is 0.626. The van der Waals surface area contributed by atoms with E-state index in [2.05, 4.69) is 21.9 Å². The molecule has 2 aliphatic rings. The van der Waals surface area contributed by atoms with Gasteiger partial charge in [-0.15, -0.1) is 0 Å². The molecule has 32 heavy (non-hydrogen) atoms. The normalized spacial score (nSPS) is 20.2. The lowest BCUT2D eigenvalue weighted by atomic mass is 9.75. The van der Waals surface area contributed by atoms with Gasteiger partial charge >= 0.3 is 0 Å². The Balaban J connectivity index is 1.39. The van der Waals surface area contributed by atoms with Gasteiger partial charge in [-0.05, 0) is 55.5 Å². The molecule has 2 N–H and O–H groups in total. The lowest BCUT2D eigenvalue weighted by Crippen LogP contribution is -2.47. The van der Waals surface area contributed by atoms with Crippen molar-refractivity contribution in [3.63, 3.8) is 0 Å². The van der Waals surface area contributed by atoms with Crippen molar-refractivity contribution in [2.75, 3.05) is 44.7 Å². The molecule has 1 aliphatic heterocycles. The second-order valence-corrected chi connectivity index (χ2v) is 9.39. The molecule has 2 aromatic rings. The zero-order valence-corrected chi connectivity index (χ0v) is 19.4. The van der Waals surface area contributed by atoms with Crippen LogP contribution in [0.25, 0.3) is 0 Å². The number of anilines is 1. The maximum absolute atomic E-state index is 14.8. The van der Waals surface area contributed by atoms with Crippen LogP contribution in [0.2, 0.25) is 0 Å². The molecule has 4 nitrogen and oxygen atoms in total. The van der Waals surface area contributed by atoms with Gasteiger partial charge in [0.2, 0.25) is 0 Å². The fraction of sp³-hybridized carbons (Fsp3) is 0.556. The molecule has 0 aromatic heterocycles. The van der Waals surface area contributed by atoms with Crippen LogP contribution in [0.3, 0.4) is 0 Å². The smallest absolute Gasteiger partial charge is 0.142 e. The predicted octanol–water partition coefficient (Wildman–Crippen LogP) is 5.04. The van der Waals surface area contributed by atoms with Gasteiger partial charge < -0.3 is 15.4 Å². The molecule has 174 valence electrons. The summed E-state index contributed by atoms with van der Waals surface area (Å²) >= 11 is 0. The van der Waals surface area contributed by atoms with Gasteiger partial charge in [-0.2, -0.15) is 0 Å². The third-order valence-electron chi connectivity index (χ3n) is 7.52. The Bertz CT molecular complexity index is 846. The molecule has 0 amide bonds. The number of hydrogen-bond acceptors (Lipinski definition) is 4. The van der Waals surface area contributed by atoms with E-state index in [9.17, 15) is 4.39 Å². The van der Waals surface area contributed by atoms with Gasteiger partial charge in [0.15, 0.2) is 0 Å². The van der Waals surface area contributed by atoms with Gasteiger partial charge in [-0.25, -0.2) is 4.39 Å². The molecular weight excluding hydrogens is 401 g/mol. The Labute approximate surface area is 192 Å². The van der Waals surface area contributed by atoms with Gasteiger partial charge in [-0.1, -0.05) is 49.6 Å². The third-order valence-corrected chi connectivity index (χ3v) is 7.52. The number of ether oxygens (including phenoxy) is 1. The molecule has 5 heteroatoms. The van der Waals surface area contributed by atoms with E-state index in [1.165, 1.54) is 37.8 Å². The van der Waals surface area contributed by atoms with Crippen molar-refractivity contribution in [3.05, 3.63) is 59.9 Å². The minimum absolute atomic E-state index is 0.0297. The van der Waals surface area contributed by atoms with Crippen molar-refractivity contribution >= 4 is 5.69 Å². The largest absolute Gasteiger partial charge is 0.495 e. The summed E-state index contributed by atoms with van der Waals surface area (Å²) in [6.45, 7) is 4.90. The van der Waals surface area contributed by atoms with Crippen LogP contribution in [0.1, 0.15) is 50.0 Å². The number of halogens is 1. The van der Waals surface area contributed by atoms with Crippen LogP contribution >= 0.6 is 0 Å². The molecule has 4 rings (SSSR count). The zero-order chi connectivity index (χ0) is 22.3. The molecule has 2 atom stereocenters. The Hall–Kier alpha value is -2.11. The number of hydrogen-bond donors (Lipinski definition) is 1. The average molecular weight is 440 g/mol. The molecule has 2 aromatic carbocycles. The summed E-state index contributed by atoms with van der Waals surface area (Å²) in [6, 6.07) is 15.5. The molecule has 1 aliphatic carbocycles. The van der Waals surface area contributed by atoms with Gasteiger partial charge in [0.25, 0.3) is 0 Å². The highest BCUT2D eigenvalue weighted by atomic mass is 19.1. The summed E-state index contributed by atoms with van der Waals surface area (Å²) in [6.07, 6.45) is 7.10. The minimum Gasteiger partial charge on any atom is -0.495 e. The fourth-order valence-corrected chi connectivity index (χ4v) is 5.60. The summed E-state index contributed by atoms with van der Waals surface area (Å²) in [7, 11) is 1.73. The van der Waals surface area contributed by atoms with Crippen LogP contribution < -0.4 is 15.4 Å². The number of rotatable bonds is 8. The van der Waals surface area contributed by atoms with E-state index >= 15 is 0 Å². The minimum atomic E-state index is -0.107. The predicted molar refractivity (Wildman–Crippen MR) is 130 cm³/mol. The van der Waals surface area contributed by atoms with Crippen LogP contribution in [0.4, 0.5) is 10.1 Å². The van der Waals surface area contributed by atoms with Crippen LogP contribution in [0.5, 0.6) is 5.75 Å². The number of nitrogens with two attached hydrogens (primary N) is 1. The van der Waals surface area contributed by atoms with Gasteiger partial charge in [0.1, 0.15) is 11.6 Å². The monoisotopic (exact) mass is 439 g/mol. The lowest BCUT2D eigenvalue weighted by Gasteiger charge is -2.38. The second kappa shape index (κ2) is 11.2. The molecule has 0 unspecified atom stereocenters. The van der Waals surface area contributed by atoms with E-state index in [4.69, 9.17) is 10.5 Å². The lowest BCUT2D eigenvalue weighted by molar-refractivity contribution is 0.221. The molecule has 0 radical (unpaired) electrons. The Morgan fingerprint density at radius 3 is 2.38 bits per heavy atom. The highest BCUT2D eigenvalue weighted by Crippen LogP contribution is 2.35. The number of para-hydroxylation sites is 2. The standard InChI is InChI=1S/C27H38FN3O/c1-32-26-14-8-7-13-25(26)31-19-17-30(18-20-31)16-15-23(22-11-5-6-12-24(22)28)27(29)21-9-3-2-4-10-21/h5-8,11-14,21,23,27H,2-4,9-10,15-20,29H2,1H3/t23-,27-/m1/s1. The molecule has 0 spiro atoms. The highest BCUT2D eigenvalue weighted by molar-refractivity contribution is 5.58. The van der Waals surface area contributed by atoms with Crippen molar-refractivity contribution < 1.29 is 9.13 Å². The van der Waals surface area contributed by atoms with Crippen LogP contribution in [-0.4, -0.2) is 50.8 Å². The number of methoxy groups -OCH3 is 1. The second-order valence-electron chi connectivity index (χ2n) is 9.39. The van der Waals surface area contributed by atoms with E-state index in [0.717, 1.165) is 50.5 Å². The first-order valence-corrected chi connectivity index (χ1v) is 12.3. The van der Waals surface area contributed by atoms with E-state index < -0.39 is 0 Å². The first-order chi connectivity index (χ1) is 15.7. The van der Waals surface area contributed by atoms with E-state index in [1.54, 1.807) is 19.2 Å². The first-order valence-electron chi connectivity index (χ1n) is 12.3. The molecule has 2 fully saturated rings. The first kappa shape index (κ1) is 23.1. The summed E-state index contributed by atoms with van der Waals surface area (Å²) in [5.41, 5.74) is 8.80. The van der Waals surface area contributed by atoms with E-state index in [-0.39, 0.29) is 17.8 Å². The summed E-state index contributed by atoms with van der Waals surface area (Å²) < 4.78 is 20.3. The molecule has 0 bridgehead atoms. The van der Waals surface area contributed by atoms with Crippen LogP contribution in [-0.2, 0) is 0 Å². The van der Waals surface area contributed by atoms with Crippen molar-refractivity contribution in [1.82, 2.24) is 4.90 Å². The van der Waals surface area contributed by atoms with Crippen LogP contribution in [0.15, 0.2) is 48.5 Å². The maximum atomic E-state index is 14.8. The highest BCUT2D eigenvalue weighted by Gasteiger charge is 2.31. The summed E-state index contributed by atoms with van der Waals surface area (Å²) in [5.74, 6) is 1.41. The van der Waals surface area contributed by atoms with E-state index in [0.29, 0.717) is 5.92 Å². The Kier molecular flexibility index (Phi) is 8.04. The van der Waals surface area contributed by atoms with Crippen molar-refractivity contribution in [3.8, 4) is 5.75 Å². The molecule has 1 saturated carbocycles. The number of piperazine rings is 1. The number of benzene rings is 2. The summed E-state index contributed by atoms with van der Waals surface area (Å²) in [5, 5.41) is 0. The van der Waals surface area contributed by atoms with Crippen LogP contribution in [0, 0.1) is 11.7 Å². The SMILES string of the molecule is COc1ccccc1N1CCN(CC[C@H](c2ccccc2F)[C@H](N)C2CCCCC2)CC1. The third kappa shape index (κ3) is 5.44. The topological polar surface area (TPSA) is 41.7 Å². The fourth-order valence-electron chi connectivity index (χ4n) is 5.60. The maximum Gasteiger partial charge on any atom is 0.142 e. The summed E-state index contributed by atoms with van der Waals surface area (Å²) in [4.78, 5) is 4.91.